The molecule has 0 aliphatic carbocycles. The maximum atomic E-state index is 11.4. The van der Waals surface area contributed by atoms with Gasteiger partial charge in [0, 0.05) is 19.0 Å². The van der Waals surface area contributed by atoms with Gasteiger partial charge in [-0.1, -0.05) is 6.07 Å². The summed E-state index contributed by atoms with van der Waals surface area (Å²) in [6, 6.07) is 5.32. The minimum Gasteiger partial charge on any atom is -0.454 e. The van der Waals surface area contributed by atoms with E-state index < -0.39 is 11.8 Å². The van der Waals surface area contributed by atoms with E-state index in [2.05, 4.69) is 10.6 Å². The van der Waals surface area contributed by atoms with Crippen LogP contribution in [-0.4, -0.2) is 31.0 Å². The van der Waals surface area contributed by atoms with E-state index in [0.717, 1.165) is 5.56 Å². The van der Waals surface area contributed by atoms with Crippen molar-refractivity contribution in [3.8, 4) is 11.5 Å². The Morgan fingerprint density at radius 2 is 1.89 bits per heavy atom. The van der Waals surface area contributed by atoms with Crippen LogP contribution in [0.15, 0.2) is 18.2 Å². The SMILES string of the molecule is O=C(NCCCl)C(=O)NCc1ccc2c(c1)OCO2. The molecule has 1 aromatic carbocycles. The average molecular weight is 285 g/mol. The molecule has 0 bridgehead atoms. The predicted molar refractivity (Wildman–Crippen MR) is 68.1 cm³/mol. The molecule has 0 atom stereocenters. The summed E-state index contributed by atoms with van der Waals surface area (Å²) in [5.41, 5.74) is 0.822. The van der Waals surface area contributed by atoms with Crippen LogP contribution < -0.4 is 20.1 Å². The Morgan fingerprint density at radius 1 is 1.16 bits per heavy atom. The van der Waals surface area contributed by atoms with Crippen molar-refractivity contribution in [2.75, 3.05) is 19.2 Å². The molecule has 0 unspecified atom stereocenters. The van der Waals surface area contributed by atoms with E-state index in [1.165, 1.54) is 0 Å². The van der Waals surface area contributed by atoms with Gasteiger partial charge in [-0.2, -0.15) is 0 Å². The second kappa shape index (κ2) is 6.29. The van der Waals surface area contributed by atoms with Gasteiger partial charge in [0.1, 0.15) is 0 Å². The van der Waals surface area contributed by atoms with Gasteiger partial charge >= 0.3 is 11.8 Å². The summed E-state index contributed by atoms with van der Waals surface area (Å²) in [5, 5.41) is 4.89. The molecule has 0 saturated carbocycles. The van der Waals surface area contributed by atoms with Gasteiger partial charge < -0.3 is 20.1 Å². The number of nitrogens with one attached hydrogen (secondary N) is 2. The van der Waals surface area contributed by atoms with Crippen molar-refractivity contribution in [1.29, 1.82) is 0 Å². The Balaban J connectivity index is 1.85. The molecule has 2 rings (SSSR count). The van der Waals surface area contributed by atoms with Crippen LogP contribution in [0.25, 0.3) is 0 Å². The summed E-state index contributed by atoms with van der Waals surface area (Å²) in [7, 11) is 0. The standard InChI is InChI=1S/C12H13ClN2O4/c13-3-4-14-11(16)12(17)15-6-8-1-2-9-10(5-8)19-7-18-9/h1-2,5H,3-4,6-7H2,(H,14,16)(H,15,17). The molecule has 0 aromatic heterocycles. The Kier molecular flexibility index (Phi) is 4.46. The number of halogens is 1. The zero-order valence-corrected chi connectivity index (χ0v) is 10.8. The van der Waals surface area contributed by atoms with Gasteiger partial charge in [-0.05, 0) is 17.7 Å². The zero-order chi connectivity index (χ0) is 13.7. The van der Waals surface area contributed by atoms with Crippen molar-refractivity contribution >= 4 is 23.4 Å². The molecule has 1 aliphatic rings. The summed E-state index contributed by atoms with van der Waals surface area (Å²) in [4.78, 5) is 22.7. The molecular weight excluding hydrogens is 272 g/mol. The largest absolute Gasteiger partial charge is 0.454 e. The van der Waals surface area contributed by atoms with Crippen LogP contribution in [0.4, 0.5) is 0 Å². The summed E-state index contributed by atoms with van der Waals surface area (Å²) in [6.07, 6.45) is 0. The number of rotatable bonds is 4. The molecule has 1 heterocycles. The van der Waals surface area contributed by atoms with E-state index in [9.17, 15) is 9.59 Å². The minimum absolute atomic E-state index is 0.200. The maximum absolute atomic E-state index is 11.4. The number of alkyl halides is 1. The molecule has 0 saturated heterocycles. The number of hydrogen-bond acceptors (Lipinski definition) is 4. The Hall–Kier alpha value is -1.95. The topological polar surface area (TPSA) is 76.7 Å². The molecular formula is C12H13ClN2O4. The van der Waals surface area contributed by atoms with Gasteiger partial charge in [-0.15, -0.1) is 11.6 Å². The fourth-order valence-corrected chi connectivity index (χ4v) is 1.65. The van der Waals surface area contributed by atoms with Crippen LogP contribution in [0.5, 0.6) is 11.5 Å². The van der Waals surface area contributed by atoms with Crippen molar-refractivity contribution in [2.45, 2.75) is 6.54 Å². The van der Waals surface area contributed by atoms with E-state index in [-0.39, 0.29) is 25.8 Å². The molecule has 0 radical (unpaired) electrons. The van der Waals surface area contributed by atoms with Crippen LogP contribution in [0.1, 0.15) is 5.56 Å². The summed E-state index contributed by atoms with van der Waals surface area (Å²) >= 11 is 5.41. The maximum Gasteiger partial charge on any atom is 0.309 e. The quantitative estimate of drug-likeness (QED) is 0.619. The lowest BCUT2D eigenvalue weighted by molar-refractivity contribution is -0.139. The normalized spacial score (nSPS) is 12.1. The molecule has 19 heavy (non-hydrogen) atoms. The van der Waals surface area contributed by atoms with Gasteiger partial charge in [0.15, 0.2) is 11.5 Å². The highest BCUT2D eigenvalue weighted by Crippen LogP contribution is 2.32. The average Bonchev–Trinajstić information content (AvgIpc) is 2.89. The summed E-state index contributed by atoms with van der Waals surface area (Å²) in [5.74, 6) is 0.193. The molecule has 0 fully saturated rings. The van der Waals surface area contributed by atoms with Crippen LogP contribution in [0.2, 0.25) is 0 Å². The second-order valence-corrected chi connectivity index (χ2v) is 4.19. The van der Waals surface area contributed by atoms with Crippen LogP contribution in [-0.2, 0) is 16.1 Å². The summed E-state index contributed by atoms with van der Waals surface area (Å²) in [6.45, 7) is 0.702. The van der Waals surface area contributed by atoms with Gasteiger partial charge in [-0.3, -0.25) is 9.59 Å². The monoisotopic (exact) mass is 284 g/mol. The molecule has 102 valence electrons. The highest BCUT2D eigenvalue weighted by molar-refractivity contribution is 6.35. The Bertz CT molecular complexity index is 493. The lowest BCUT2D eigenvalue weighted by atomic mass is 10.2. The number of benzene rings is 1. The lowest BCUT2D eigenvalue weighted by Crippen LogP contribution is -2.40. The molecule has 0 spiro atoms. The fraction of sp³-hybridized carbons (Fsp3) is 0.333. The van der Waals surface area contributed by atoms with Gasteiger partial charge in [0.25, 0.3) is 0 Å². The number of carbonyl (C=O) groups excluding carboxylic acids is 2. The van der Waals surface area contributed by atoms with Crippen LogP contribution in [0, 0.1) is 0 Å². The van der Waals surface area contributed by atoms with Gasteiger partial charge in [0.2, 0.25) is 6.79 Å². The number of carbonyl (C=O) groups is 2. The first-order chi connectivity index (χ1) is 9.20. The van der Waals surface area contributed by atoms with Crippen molar-refractivity contribution in [2.24, 2.45) is 0 Å². The summed E-state index contributed by atoms with van der Waals surface area (Å²) < 4.78 is 10.4. The molecule has 2 amide bonds. The van der Waals surface area contributed by atoms with E-state index >= 15 is 0 Å². The van der Waals surface area contributed by atoms with Crippen molar-refractivity contribution in [3.05, 3.63) is 23.8 Å². The lowest BCUT2D eigenvalue weighted by Gasteiger charge is -2.06. The third kappa shape index (κ3) is 3.51. The molecule has 1 aromatic rings. The fourth-order valence-electron chi connectivity index (χ4n) is 1.55. The smallest absolute Gasteiger partial charge is 0.309 e. The first kappa shape index (κ1) is 13.5. The number of fused-ring (bicyclic) bond motifs is 1. The first-order valence-electron chi connectivity index (χ1n) is 5.71. The van der Waals surface area contributed by atoms with Crippen molar-refractivity contribution < 1.29 is 19.1 Å². The van der Waals surface area contributed by atoms with Crippen molar-refractivity contribution in [1.82, 2.24) is 10.6 Å². The number of amides is 2. The third-order valence-electron chi connectivity index (χ3n) is 2.48. The van der Waals surface area contributed by atoms with Crippen LogP contribution >= 0.6 is 11.6 Å². The molecule has 1 aliphatic heterocycles. The number of ether oxygens (including phenoxy) is 2. The highest BCUT2D eigenvalue weighted by Gasteiger charge is 2.15. The van der Waals surface area contributed by atoms with Gasteiger partial charge in [0.05, 0.1) is 0 Å². The molecule has 7 heteroatoms. The number of hydrogen-bond donors (Lipinski definition) is 2. The van der Waals surface area contributed by atoms with E-state index in [0.29, 0.717) is 11.5 Å². The molecule has 6 nitrogen and oxygen atoms in total. The van der Waals surface area contributed by atoms with Crippen molar-refractivity contribution in [3.63, 3.8) is 0 Å². The third-order valence-corrected chi connectivity index (χ3v) is 2.67. The van der Waals surface area contributed by atoms with E-state index in [4.69, 9.17) is 21.1 Å². The minimum atomic E-state index is -0.693. The second-order valence-electron chi connectivity index (χ2n) is 3.82. The van der Waals surface area contributed by atoms with Gasteiger partial charge in [-0.25, -0.2) is 0 Å². The highest BCUT2D eigenvalue weighted by atomic mass is 35.5. The zero-order valence-electron chi connectivity index (χ0n) is 10.1. The van der Waals surface area contributed by atoms with Crippen LogP contribution in [0.3, 0.4) is 0 Å². The Morgan fingerprint density at radius 3 is 2.68 bits per heavy atom. The van der Waals surface area contributed by atoms with E-state index in [1.807, 2.05) is 0 Å². The molecule has 2 N–H and O–H groups in total. The van der Waals surface area contributed by atoms with E-state index in [1.54, 1.807) is 18.2 Å². The predicted octanol–water partition coefficient (Wildman–Crippen LogP) is 0.386. The Labute approximate surface area is 115 Å². The first-order valence-corrected chi connectivity index (χ1v) is 6.24.